The van der Waals surface area contributed by atoms with Gasteiger partial charge in [-0.2, -0.15) is 0 Å². The average Bonchev–Trinajstić information content (AvgIpc) is 2.41. The van der Waals surface area contributed by atoms with E-state index >= 15 is 0 Å². The first-order valence-electron chi connectivity index (χ1n) is 6.78. The summed E-state index contributed by atoms with van der Waals surface area (Å²) in [5, 5.41) is 3.62. The molecule has 1 aliphatic heterocycles. The van der Waals surface area contributed by atoms with Crippen molar-refractivity contribution in [2.24, 2.45) is 0 Å². The van der Waals surface area contributed by atoms with Gasteiger partial charge in [0.25, 0.3) is 0 Å². The van der Waals surface area contributed by atoms with Gasteiger partial charge in [-0.1, -0.05) is 13.8 Å². The lowest BCUT2D eigenvalue weighted by molar-refractivity contribution is 0.376. The van der Waals surface area contributed by atoms with Gasteiger partial charge in [0.2, 0.25) is 0 Å². The van der Waals surface area contributed by atoms with Crippen molar-refractivity contribution >= 4 is 21.7 Å². The molecule has 18 heavy (non-hydrogen) atoms. The zero-order valence-corrected chi connectivity index (χ0v) is 13.0. The molecule has 4 heteroatoms. The zero-order valence-electron chi connectivity index (χ0n) is 11.4. The monoisotopic (exact) mass is 311 g/mol. The van der Waals surface area contributed by atoms with E-state index < -0.39 is 0 Å². The van der Waals surface area contributed by atoms with Crippen LogP contribution in [0.25, 0.3) is 0 Å². The summed E-state index contributed by atoms with van der Waals surface area (Å²) in [6.45, 7) is 8.70. The molecule has 1 saturated heterocycles. The summed E-state index contributed by atoms with van der Waals surface area (Å²) in [6.07, 6.45) is 4.22. The minimum atomic E-state index is 0.540. The minimum Gasteiger partial charge on any atom is -0.350 e. The van der Waals surface area contributed by atoms with Crippen molar-refractivity contribution in [2.75, 3.05) is 18.0 Å². The average molecular weight is 312 g/mol. The van der Waals surface area contributed by atoms with Crippen LogP contribution in [0.1, 0.15) is 32.3 Å². The van der Waals surface area contributed by atoms with Gasteiger partial charge in [-0.15, -0.1) is 0 Å². The molecule has 1 aromatic heterocycles. The van der Waals surface area contributed by atoms with Gasteiger partial charge in [0.05, 0.1) is 4.47 Å². The number of aromatic nitrogens is 1. The second kappa shape index (κ2) is 6.02. The van der Waals surface area contributed by atoms with Crippen molar-refractivity contribution < 1.29 is 0 Å². The van der Waals surface area contributed by atoms with Gasteiger partial charge >= 0.3 is 0 Å². The van der Waals surface area contributed by atoms with Gasteiger partial charge in [-0.05, 0) is 47.3 Å². The molecule has 2 atom stereocenters. The third-order valence-electron chi connectivity index (χ3n) is 3.80. The van der Waals surface area contributed by atoms with Gasteiger partial charge in [-0.3, -0.25) is 0 Å². The summed E-state index contributed by atoms with van der Waals surface area (Å²) >= 11 is 3.69. The summed E-state index contributed by atoms with van der Waals surface area (Å²) in [6, 6.07) is 3.16. The molecule has 2 unspecified atom stereocenters. The molecular weight excluding hydrogens is 290 g/mol. The molecule has 0 bridgehead atoms. The number of anilines is 1. The Balaban J connectivity index is 2.29. The Kier molecular flexibility index (Phi) is 4.62. The van der Waals surface area contributed by atoms with Gasteiger partial charge in [-0.25, -0.2) is 4.98 Å². The van der Waals surface area contributed by atoms with E-state index in [-0.39, 0.29) is 0 Å². The van der Waals surface area contributed by atoms with Crippen LogP contribution in [0.2, 0.25) is 0 Å². The molecule has 0 radical (unpaired) electrons. The number of nitrogens with one attached hydrogen (secondary N) is 1. The molecule has 2 rings (SSSR count). The fraction of sp³-hybridized carbons (Fsp3) is 0.643. The predicted molar refractivity (Wildman–Crippen MR) is 80.2 cm³/mol. The Labute approximate surface area is 118 Å². The lowest BCUT2D eigenvalue weighted by atomic mass is 10.0. The zero-order chi connectivity index (χ0) is 13.1. The number of nitrogens with zero attached hydrogens (tertiary/aromatic N) is 2. The van der Waals surface area contributed by atoms with Crippen molar-refractivity contribution in [1.29, 1.82) is 0 Å². The molecule has 3 nitrogen and oxygen atoms in total. The van der Waals surface area contributed by atoms with Crippen LogP contribution in [0.4, 0.5) is 5.82 Å². The molecule has 0 aromatic carbocycles. The van der Waals surface area contributed by atoms with Crippen LogP contribution in [0.5, 0.6) is 0 Å². The first kappa shape index (κ1) is 13.8. The summed E-state index contributed by atoms with van der Waals surface area (Å²) < 4.78 is 1.14. The van der Waals surface area contributed by atoms with E-state index in [9.17, 15) is 0 Å². The molecule has 100 valence electrons. The van der Waals surface area contributed by atoms with Crippen LogP contribution >= 0.6 is 15.9 Å². The van der Waals surface area contributed by atoms with E-state index in [1.54, 1.807) is 0 Å². The molecule has 0 amide bonds. The highest BCUT2D eigenvalue weighted by Gasteiger charge is 2.28. The molecule has 2 heterocycles. The van der Waals surface area contributed by atoms with Gasteiger partial charge < -0.3 is 10.2 Å². The maximum atomic E-state index is 4.58. The largest absolute Gasteiger partial charge is 0.350 e. The van der Waals surface area contributed by atoms with E-state index in [0.717, 1.165) is 36.2 Å². The van der Waals surface area contributed by atoms with Crippen molar-refractivity contribution in [1.82, 2.24) is 10.3 Å². The number of hydrogen-bond acceptors (Lipinski definition) is 3. The summed E-state index contributed by atoms with van der Waals surface area (Å²) in [5.74, 6) is 1.10. The van der Waals surface area contributed by atoms with Crippen molar-refractivity contribution in [2.45, 2.75) is 45.7 Å². The van der Waals surface area contributed by atoms with Crippen LogP contribution < -0.4 is 10.2 Å². The SMILES string of the molecule is CCC1CN(c2nccc(C)c2Br)C(CC)CN1. The lowest BCUT2D eigenvalue weighted by Gasteiger charge is -2.41. The first-order valence-corrected chi connectivity index (χ1v) is 7.57. The highest BCUT2D eigenvalue weighted by Crippen LogP contribution is 2.30. The van der Waals surface area contributed by atoms with E-state index in [4.69, 9.17) is 0 Å². The maximum Gasteiger partial charge on any atom is 0.143 e. The quantitative estimate of drug-likeness (QED) is 0.929. The summed E-state index contributed by atoms with van der Waals surface area (Å²) in [7, 11) is 0. The number of pyridine rings is 1. The molecule has 0 aliphatic carbocycles. The number of aryl methyl sites for hydroxylation is 1. The lowest BCUT2D eigenvalue weighted by Crippen LogP contribution is -2.56. The maximum absolute atomic E-state index is 4.58. The van der Waals surface area contributed by atoms with Crippen LogP contribution in [-0.2, 0) is 0 Å². The van der Waals surface area contributed by atoms with E-state index in [1.165, 1.54) is 5.56 Å². The molecule has 1 aromatic rings. The third kappa shape index (κ3) is 2.69. The summed E-state index contributed by atoms with van der Waals surface area (Å²) in [4.78, 5) is 7.04. The second-order valence-electron chi connectivity index (χ2n) is 4.99. The topological polar surface area (TPSA) is 28.2 Å². The van der Waals surface area contributed by atoms with Crippen LogP contribution in [0.15, 0.2) is 16.7 Å². The van der Waals surface area contributed by atoms with Crippen LogP contribution in [0.3, 0.4) is 0 Å². The van der Waals surface area contributed by atoms with E-state index in [1.807, 2.05) is 12.3 Å². The molecular formula is C14H22BrN3. The Bertz CT molecular complexity index is 408. The molecule has 1 aliphatic rings. The molecule has 1 N–H and O–H groups in total. The van der Waals surface area contributed by atoms with E-state index in [2.05, 4.69) is 51.9 Å². The number of rotatable bonds is 3. The van der Waals surface area contributed by atoms with Crippen molar-refractivity contribution in [3.05, 3.63) is 22.3 Å². The molecule has 1 fully saturated rings. The third-order valence-corrected chi connectivity index (χ3v) is 4.78. The minimum absolute atomic E-state index is 0.540. The Morgan fingerprint density at radius 1 is 1.44 bits per heavy atom. The standard InChI is InChI=1S/C14H22BrN3/c1-4-11-9-18(12(5-2)8-17-11)14-13(15)10(3)6-7-16-14/h6-7,11-12,17H,4-5,8-9H2,1-3H3. The number of hydrogen-bond donors (Lipinski definition) is 1. The molecule has 0 saturated carbocycles. The normalized spacial score (nSPS) is 24.3. The Morgan fingerprint density at radius 3 is 2.89 bits per heavy atom. The first-order chi connectivity index (χ1) is 8.67. The van der Waals surface area contributed by atoms with Gasteiger partial charge in [0.15, 0.2) is 0 Å². The van der Waals surface area contributed by atoms with Crippen LogP contribution in [-0.4, -0.2) is 30.2 Å². The fourth-order valence-electron chi connectivity index (χ4n) is 2.49. The van der Waals surface area contributed by atoms with E-state index in [0.29, 0.717) is 12.1 Å². The van der Waals surface area contributed by atoms with Gasteiger partial charge in [0.1, 0.15) is 5.82 Å². The Hall–Kier alpha value is -0.610. The smallest absolute Gasteiger partial charge is 0.143 e. The predicted octanol–water partition coefficient (Wildman–Crippen LogP) is 3.12. The highest BCUT2D eigenvalue weighted by molar-refractivity contribution is 9.10. The number of halogens is 1. The van der Waals surface area contributed by atoms with Crippen LogP contribution in [0, 0.1) is 6.92 Å². The highest BCUT2D eigenvalue weighted by atomic mass is 79.9. The fourth-order valence-corrected chi connectivity index (χ4v) is 2.95. The Morgan fingerprint density at radius 2 is 2.22 bits per heavy atom. The summed E-state index contributed by atoms with van der Waals surface area (Å²) in [5.41, 5.74) is 1.25. The number of piperazine rings is 1. The second-order valence-corrected chi connectivity index (χ2v) is 5.79. The molecule has 0 spiro atoms. The van der Waals surface area contributed by atoms with Crippen molar-refractivity contribution in [3.8, 4) is 0 Å². The van der Waals surface area contributed by atoms with Gasteiger partial charge in [0, 0.05) is 31.4 Å². The van der Waals surface area contributed by atoms with Crippen molar-refractivity contribution in [3.63, 3.8) is 0 Å².